The fourth-order valence-corrected chi connectivity index (χ4v) is 4.40. The summed E-state index contributed by atoms with van der Waals surface area (Å²) in [5, 5.41) is 0.749. The fourth-order valence-electron chi connectivity index (χ4n) is 2.05. The van der Waals surface area contributed by atoms with Gasteiger partial charge in [-0.2, -0.15) is 0 Å². The Morgan fingerprint density at radius 2 is 1.32 bits per heavy atom. The first kappa shape index (κ1) is 15.9. The number of esters is 1. The molecule has 0 atom stereocenters. The van der Waals surface area contributed by atoms with Crippen LogP contribution in [0.4, 0.5) is 0 Å². The average molecular weight is 314 g/mol. The van der Waals surface area contributed by atoms with E-state index in [0.29, 0.717) is 10.6 Å². The molecule has 0 saturated carbocycles. The van der Waals surface area contributed by atoms with Crippen LogP contribution in [-0.4, -0.2) is 11.5 Å². The van der Waals surface area contributed by atoms with Gasteiger partial charge >= 0.3 is 5.97 Å². The van der Waals surface area contributed by atoms with Crippen LogP contribution in [0.15, 0.2) is 73.0 Å². The van der Waals surface area contributed by atoms with E-state index in [4.69, 9.17) is 4.74 Å². The largest absolute Gasteiger partial charge is 0.423 e. The highest BCUT2D eigenvalue weighted by Gasteiger charge is 2.38. The van der Waals surface area contributed by atoms with E-state index in [9.17, 15) is 14.2 Å². The van der Waals surface area contributed by atoms with E-state index >= 15 is 0 Å². The molecule has 22 heavy (non-hydrogen) atoms. The van der Waals surface area contributed by atoms with E-state index in [1.165, 1.54) is 0 Å². The van der Waals surface area contributed by atoms with Crippen molar-refractivity contribution in [1.29, 1.82) is 0 Å². The predicted octanol–water partition coefficient (Wildman–Crippen LogP) is 2.60. The molecule has 0 aromatic heterocycles. The van der Waals surface area contributed by atoms with Crippen LogP contribution in [0.25, 0.3) is 0 Å². The van der Waals surface area contributed by atoms with Crippen LogP contribution >= 0.6 is 7.14 Å². The third-order valence-corrected chi connectivity index (χ3v) is 5.90. The Balaban J connectivity index is 2.57. The van der Waals surface area contributed by atoms with E-state index in [1.807, 2.05) is 0 Å². The molecule has 0 aliphatic rings. The molecule has 112 valence electrons. The lowest BCUT2D eigenvalue weighted by Crippen LogP contribution is -2.24. The van der Waals surface area contributed by atoms with Crippen LogP contribution in [0, 0.1) is 0 Å². The van der Waals surface area contributed by atoms with Gasteiger partial charge in [0, 0.05) is 17.5 Å². The molecule has 0 N–H and O–H groups in total. The first-order chi connectivity index (χ1) is 10.5. The van der Waals surface area contributed by atoms with Crippen molar-refractivity contribution in [3.05, 3.63) is 73.0 Å². The summed E-state index contributed by atoms with van der Waals surface area (Å²) in [5.74, 6) is -1.09. The first-order valence-corrected chi connectivity index (χ1v) is 8.30. The smallest absolute Gasteiger partial charge is 0.308 e. The molecule has 2 rings (SSSR count). The Bertz CT molecular complexity index is 707. The van der Waals surface area contributed by atoms with Crippen molar-refractivity contribution >= 4 is 29.2 Å². The molecule has 0 amide bonds. The third-order valence-electron chi connectivity index (χ3n) is 3.03. The fraction of sp³-hybridized carbons (Fsp3) is 0.0588. The number of hydrogen-bond donors (Lipinski definition) is 0. The van der Waals surface area contributed by atoms with E-state index in [1.54, 1.807) is 60.7 Å². The van der Waals surface area contributed by atoms with E-state index < -0.39 is 24.4 Å². The number of ether oxygens (including phenoxy) is 1. The zero-order valence-electron chi connectivity index (χ0n) is 12.1. The number of hydrogen-bond acceptors (Lipinski definition) is 4. The molecule has 0 saturated heterocycles. The summed E-state index contributed by atoms with van der Waals surface area (Å²) in [6.45, 7) is 4.61. The summed E-state index contributed by atoms with van der Waals surface area (Å²) in [6.07, 6.45) is 0. The Morgan fingerprint density at radius 1 is 0.909 bits per heavy atom. The molecule has 5 heteroatoms. The van der Waals surface area contributed by atoms with Crippen LogP contribution in [0.5, 0.6) is 0 Å². The molecule has 2 aromatic carbocycles. The number of benzene rings is 2. The molecule has 4 nitrogen and oxygen atoms in total. The van der Waals surface area contributed by atoms with Crippen molar-refractivity contribution in [1.82, 2.24) is 0 Å². The summed E-state index contributed by atoms with van der Waals surface area (Å²) < 4.78 is 18.3. The van der Waals surface area contributed by atoms with Crippen molar-refractivity contribution in [2.45, 2.75) is 6.92 Å². The second-order valence-electron chi connectivity index (χ2n) is 4.60. The van der Waals surface area contributed by atoms with Crippen molar-refractivity contribution in [2.75, 3.05) is 0 Å². The standard InChI is InChI=1S/C17H15O4P/c1-13(21-14(2)18)17(19)22(20,15-9-5-3-6-10-15)16-11-7-4-8-12-16/h3-12H,1H2,2H3. The van der Waals surface area contributed by atoms with Gasteiger partial charge in [0.1, 0.15) is 0 Å². The maximum atomic E-state index is 13.5. The summed E-state index contributed by atoms with van der Waals surface area (Å²) in [6, 6.07) is 16.8. The zero-order chi connectivity index (χ0) is 16.2. The number of carbonyl (C=O) groups excluding carboxylic acids is 2. The summed E-state index contributed by atoms with van der Waals surface area (Å²) in [4.78, 5) is 23.7. The van der Waals surface area contributed by atoms with Gasteiger partial charge in [0.2, 0.25) is 7.14 Å². The predicted molar refractivity (Wildman–Crippen MR) is 85.7 cm³/mol. The number of allylic oxidation sites excluding steroid dienone is 1. The molecule has 0 aliphatic heterocycles. The van der Waals surface area contributed by atoms with Crippen LogP contribution in [0.3, 0.4) is 0 Å². The molecule has 0 bridgehead atoms. The highest BCUT2D eigenvalue weighted by atomic mass is 31.2. The molecular weight excluding hydrogens is 299 g/mol. The lowest BCUT2D eigenvalue weighted by molar-refractivity contribution is -0.139. The molecular formula is C17H15O4P. The molecule has 0 aliphatic carbocycles. The Labute approximate surface area is 128 Å². The second-order valence-corrected chi connectivity index (χ2v) is 7.26. The minimum absolute atomic E-state index is 0.375. The van der Waals surface area contributed by atoms with Crippen molar-refractivity contribution < 1.29 is 18.9 Å². The van der Waals surface area contributed by atoms with Gasteiger partial charge in [0.05, 0.1) is 0 Å². The minimum atomic E-state index is -3.64. The summed E-state index contributed by atoms with van der Waals surface area (Å²) in [7, 11) is -3.64. The van der Waals surface area contributed by atoms with Gasteiger partial charge in [-0.25, -0.2) is 0 Å². The normalized spacial score (nSPS) is 10.8. The molecule has 0 radical (unpaired) electrons. The van der Waals surface area contributed by atoms with E-state index in [-0.39, 0.29) is 0 Å². The number of rotatable bonds is 5. The van der Waals surface area contributed by atoms with E-state index in [2.05, 4.69) is 6.58 Å². The zero-order valence-corrected chi connectivity index (χ0v) is 13.0. The van der Waals surface area contributed by atoms with Gasteiger partial charge in [0.25, 0.3) is 5.52 Å². The van der Waals surface area contributed by atoms with Crippen LogP contribution in [0.2, 0.25) is 0 Å². The van der Waals surface area contributed by atoms with E-state index in [0.717, 1.165) is 6.92 Å². The van der Waals surface area contributed by atoms with Gasteiger partial charge < -0.3 is 9.30 Å². The topological polar surface area (TPSA) is 60.4 Å². The highest BCUT2D eigenvalue weighted by Crippen LogP contribution is 2.46. The van der Waals surface area contributed by atoms with Gasteiger partial charge in [0.15, 0.2) is 5.76 Å². The monoisotopic (exact) mass is 314 g/mol. The Hall–Kier alpha value is -2.45. The van der Waals surface area contributed by atoms with Gasteiger partial charge in [-0.15, -0.1) is 0 Å². The van der Waals surface area contributed by atoms with Gasteiger partial charge in [-0.05, 0) is 0 Å². The molecule has 0 heterocycles. The Kier molecular flexibility index (Phi) is 4.74. The van der Waals surface area contributed by atoms with Crippen molar-refractivity contribution in [2.24, 2.45) is 0 Å². The maximum absolute atomic E-state index is 13.5. The van der Waals surface area contributed by atoms with Crippen molar-refractivity contribution in [3.8, 4) is 0 Å². The maximum Gasteiger partial charge on any atom is 0.308 e. The summed E-state index contributed by atoms with van der Waals surface area (Å²) >= 11 is 0. The molecule has 0 fully saturated rings. The Morgan fingerprint density at radius 3 is 1.68 bits per heavy atom. The second kappa shape index (κ2) is 6.54. The van der Waals surface area contributed by atoms with Crippen molar-refractivity contribution in [3.63, 3.8) is 0 Å². The van der Waals surface area contributed by atoms with Crippen LogP contribution in [-0.2, 0) is 18.9 Å². The molecule has 2 aromatic rings. The lowest BCUT2D eigenvalue weighted by atomic mass is 10.4. The quantitative estimate of drug-likeness (QED) is 0.368. The first-order valence-electron chi connectivity index (χ1n) is 6.59. The van der Waals surface area contributed by atoms with Gasteiger partial charge in [-0.3, -0.25) is 9.59 Å². The van der Waals surface area contributed by atoms with Crippen LogP contribution < -0.4 is 10.6 Å². The SMILES string of the molecule is C=C(OC(C)=O)C(=O)P(=O)(c1ccccc1)c1ccccc1. The highest BCUT2D eigenvalue weighted by molar-refractivity contribution is 7.93. The lowest BCUT2D eigenvalue weighted by Gasteiger charge is -2.18. The van der Waals surface area contributed by atoms with Gasteiger partial charge in [-0.1, -0.05) is 67.2 Å². The number of carbonyl (C=O) groups is 2. The summed E-state index contributed by atoms with van der Waals surface area (Å²) in [5.41, 5.74) is -0.778. The van der Waals surface area contributed by atoms with Crippen LogP contribution in [0.1, 0.15) is 6.92 Å². The third kappa shape index (κ3) is 3.07. The molecule has 0 spiro atoms. The minimum Gasteiger partial charge on any atom is -0.423 e. The molecule has 0 unspecified atom stereocenters. The average Bonchev–Trinajstić information content (AvgIpc) is 2.54.